The second kappa shape index (κ2) is 12.0. The number of halogens is 1. The van der Waals surface area contributed by atoms with E-state index in [0.717, 1.165) is 4.57 Å². The first-order valence-corrected chi connectivity index (χ1v) is 15.3. The van der Waals surface area contributed by atoms with Crippen LogP contribution in [0.2, 0.25) is 5.02 Å². The molecule has 238 valence electrons. The standard InChI is InChI=1S/C27H31ClN3O12P/c1-26(2,3)21-19(41-25(35)42-21)22(33)29-18-8-10-31(24(34)30-18)23-27(4,36)20(32)17(40-23)13-39-44(37)38-11-9-16(43-44)14-6-5-7-15(28)12-14/h5-8,10,12,16-17,20,23,32,36H,9,11,13H2,1-4H3,(H,29,30,33,34)/t16?,17-,20-,23-,27-,44?/m1/s1. The molecule has 2 aliphatic heterocycles. The summed E-state index contributed by atoms with van der Waals surface area (Å²) in [6, 6.07) is 8.09. The van der Waals surface area contributed by atoms with Gasteiger partial charge in [-0.3, -0.25) is 22.9 Å². The Morgan fingerprint density at radius 2 is 2.02 bits per heavy atom. The number of hydrogen-bond acceptors (Lipinski definition) is 13. The second-order valence-corrected chi connectivity index (χ2v) is 13.6. The summed E-state index contributed by atoms with van der Waals surface area (Å²) in [6.45, 7) is 5.92. The molecule has 17 heteroatoms. The minimum atomic E-state index is -4.10. The van der Waals surface area contributed by atoms with Gasteiger partial charge in [0.25, 0.3) is 5.91 Å². The lowest BCUT2D eigenvalue weighted by atomic mass is 9.92. The third-order valence-corrected chi connectivity index (χ3v) is 8.76. The molecule has 2 saturated heterocycles. The first-order valence-electron chi connectivity index (χ1n) is 13.5. The highest BCUT2D eigenvalue weighted by Crippen LogP contribution is 2.57. The normalized spacial score (nSPS) is 29.1. The molecule has 2 unspecified atom stereocenters. The summed E-state index contributed by atoms with van der Waals surface area (Å²) in [4.78, 5) is 41.1. The smallest absolute Gasteiger partial charge is 0.394 e. The van der Waals surface area contributed by atoms with Crippen molar-refractivity contribution in [3.05, 3.63) is 79.7 Å². The van der Waals surface area contributed by atoms with Crippen LogP contribution >= 0.6 is 19.4 Å². The van der Waals surface area contributed by atoms with Crippen LogP contribution in [0.5, 0.6) is 0 Å². The zero-order chi connectivity index (χ0) is 32.0. The summed E-state index contributed by atoms with van der Waals surface area (Å²) >= 11 is 6.06. The molecule has 44 heavy (non-hydrogen) atoms. The van der Waals surface area contributed by atoms with Crippen molar-refractivity contribution in [3.63, 3.8) is 0 Å². The fraction of sp³-hybridized carbons (Fsp3) is 0.481. The average Bonchev–Trinajstić information content (AvgIpc) is 3.45. The van der Waals surface area contributed by atoms with Crippen molar-refractivity contribution in [1.29, 1.82) is 0 Å². The predicted molar refractivity (Wildman–Crippen MR) is 152 cm³/mol. The molecule has 3 N–H and O–H groups in total. The Kier molecular flexibility index (Phi) is 8.79. The highest BCUT2D eigenvalue weighted by Gasteiger charge is 2.54. The molecule has 5 rings (SSSR count). The van der Waals surface area contributed by atoms with Crippen molar-refractivity contribution in [2.24, 2.45) is 0 Å². The minimum Gasteiger partial charge on any atom is -0.394 e. The van der Waals surface area contributed by atoms with Crippen molar-refractivity contribution < 1.29 is 46.7 Å². The number of carbonyl (C=O) groups excluding carboxylic acids is 1. The molecule has 0 radical (unpaired) electrons. The van der Waals surface area contributed by atoms with Gasteiger partial charge in [0.2, 0.25) is 5.76 Å². The number of aromatic nitrogens is 2. The highest BCUT2D eigenvalue weighted by atomic mass is 35.5. The monoisotopic (exact) mass is 655 g/mol. The molecular weight excluding hydrogens is 625 g/mol. The number of aliphatic hydroxyl groups excluding tert-OH is 1. The first kappa shape index (κ1) is 32.3. The fourth-order valence-corrected chi connectivity index (χ4v) is 6.40. The van der Waals surface area contributed by atoms with Crippen molar-refractivity contribution in [2.45, 2.75) is 69.7 Å². The molecule has 0 saturated carbocycles. The number of aliphatic hydroxyl groups is 2. The minimum absolute atomic E-state index is 0.0114. The van der Waals surface area contributed by atoms with E-state index < -0.39 is 67.4 Å². The average molecular weight is 656 g/mol. The molecule has 15 nitrogen and oxygen atoms in total. The van der Waals surface area contributed by atoms with Crippen LogP contribution in [0.15, 0.2) is 55.0 Å². The van der Waals surface area contributed by atoms with Crippen molar-refractivity contribution in [2.75, 3.05) is 18.5 Å². The summed E-state index contributed by atoms with van der Waals surface area (Å²) < 4.78 is 46.1. The number of hydrogen-bond donors (Lipinski definition) is 3. The number of nitrogens with zero attached hydrogens (tertiary/aromatic N) is 2. The third-order valence-electron chi connectivity index (χ3n) is 7.05. The van der Waals surface area contributed by atoms with Crippen LogP contribution < -0.4 is 16.8 Å². The highest BCUT2D eigenvalue weighted by molar-refractivity contribution is 7.48. The van der Waals surface area contributed by atoms with Crippen LogP contribution in [0.1, 0.15) is 68.3 Å². The fourth-order valence-electron chi connectivity index (χ4n) is 4.81. The van der Waals surface area contributed by atoms with Crippen LogP contribution in [0.3, 0.4) is 0 Å². The number of anilines is 1. The maximum Gasteiger partial charge on any atom is 0.519 e. The molecule has 2 aromatic heterocycles. The largest absolute Gasteiger partial charge is 0.519 e. The Labute approximate surface area is 255 Å². The molecule has 1 amide bonds. The van der Waals surface area contributed by atoms with Gasteiger partial charge in [-0.25, -0.2) is 14.2 Å². The van der Waals surface area contributed by atoms with Gasteiger partial charge < -0.3 is 29.1 Å². The van der Waals surface area contributed by atoms with Gasteiger partial charge in [-0.2, -0.15) is 4.98 Å². The number of phosphoric acid groups is 1. The van der Waals surface area contributed by atoms with E-state index in [4.69, 9.17) is 38.7 Å². The zero-order valence-electron chi connectivity index (χ0n) is 24.1. The van der Waals surface area contributed by atoms with Crippen LogP contribution in [-0.4, -0.2) is 56.7 Å². The Balaban J connectivity index is 1.27. The Bertz CT molecular complexity index is 1710. The molecule has 0 spiro atoms. The maximum atomic E-state index is 13.2. The first-order chi connectivity index (χ1) is 20.6. The molecule has 3 aromatic rings. The summed E-state index contributed by atoms with van der Waals surface area (Å²) in [7, 11) is -4.10. The van der Waals surface area contributed by atoms with Crippen LogP contribution in [0.4, 0.5) is 5.82 Å². The van der Waals surface area contributed by atoms with Gasteiger partial charge in [0.1, 0.15) is 23.6 Å². The molecule has 1 aromatic carbocycles. The van der Waals surface area contributed by atoms with E-state index in [0.29, 0.717) is 17.0 Å². The molecule has 2 fully saturated rings. The molecule has 0 bridgehead atoms. The van der Waals surface area contributed by atoms with Gasteiger partial charge in [-0.1, -0.05) is 44.5 Å². The van der Waals surface area contributed by atoms with E-state index >= 15 is 0 Å². The number of carbonyl (C=O) groups is 1. The molecule has 4 heterocycles. The molecule has 2 aliphatic rings. The topological polar surface area (TPSA) is 202 Å². The Hall–Kier alpha value is -3.14. The van der Waals surface area contributed by atoms with Crippen molar-refractivity contribution >= 4 is 31.1 Å². The lowest BCUT2D eigenvalue weighted by molar-refractivity contribution is -0.0989. The molecule has 0 aliphatic carbocycles. The van der Waals surface area contributed by atoms with Gasteiger partial charge in [-0.05, 0) is 30.7 Å². The number of nitrogens with one attached hydrogen (secondary N) is 1. The quantitative estimate of drug-likeness (QED) is 0.313. The second-order valence-electron chi connectivity index (χ2n) is 11.5. The lowest BCUT2D eigenvalue weighted by Crippen LogP contribution is -2.46. The lowest BCUT2D eigenvalue weighted by Gasteiger charge is -2.30. The van der Waals surface area contributed by atoms with Gasteiger partial charge >= 0.3 is 19.3 Å². The van der Waals surface area contributed by atoms with Gasteiger partial charge in [0, 0.05) is 23.1 Å². The van der Waals surface area contributed by atoms with Crippen molar-refractivity contribution in [1.82, 2.24) is 9.55 Å². The molecule has 6 atom stereocenters. The Morgan fingerprint density at radius 1 is 1.27 bits per heavy atom. The van der Waals surface area contributed by atoms with E-state index in [1.54, 1.807) is 45.0 Å². The van der Waals surface area contributed by atoms with Crippen LogP contribution in [0, 0.1) is 0 Å². The van der Waals surface area contributed by atoms with Gasteiger partial charge in [0.05, 0.1) is 19.3 Å². The maximum absolute atomic E-state index is 13.2. The van der Waals surface area contributed by atoms with Crippen LogP contribution in [-0.2, 0) is 28.3 Å². The Morgan fingerprint density at radius 3 is 2.70 bits per heavy atom. The van der Waals surface area contributed by atoms with Gasteiger partial charge in [0.15, 0.2) is 12.0 Å². The van der Waals surface area contributed by atoms with E-state index in [9.17, 15) is 29.2 Å². The summed E-state index contributed by atoms with van der Waals surface area (Å²) in [5, 5.41) is 24.7. The van der Waals surface area contributed by atoms with Gasteiger partial charge in [-0.15, -0.1) is 0 Å². The SMILES string of the molecule is CC(C)(C)c1oc(=O)oc1C(=O)Nc1ccn([C@@H]2O[C@H](COP3(=O)OCCC(c4cccc(Cl)c4)O3)[C@@H](O)[C@@]2(C)O)c(=O)n1. The van der Waals surface area contributed by atoms with Crippen molar-refractivity contribution in [3.8, 4) is 0 Å². The predicted octanol–water partition coefficient (Wildman–Crippen LogP) is 3.30. The molecular formula is C27H31ClN3O12P. The summed E-state index contributed by atoms with van der Waals surface area (Å²) in [5.41, 5.74) is -3.04. The number of phosphoric ester groups is 1. The number of amides is 1. The number of rotatable bonds is 7. The third kappa shape index (κ3) is 6.60. The van der Waals surface area contributed by atoms with E-state index in [2.05, 4.69) is 10.3 Å². The number of benzene rings is 1. The van der Waals surface area contributed by atoms with Crippen LogP contribution in [0.25, 0.3) is 0 Å². The summed E-state index contributed by atoms with van der Waals surface area (Å²) in [5.74, 6) is -2.49. The summed E-state index contributed by atoms with van der Waals surface area (Å²) in [6.07, 6.45) is -3.35. The van der Waals surface area contributed by atoms with E-state index in [1.165, 1.54) is 19.2 Å². The van der Waals surface area contributed by atoms with E-state index in [1.807, 2.05) is 0 Å². The van der Waals surface area contributed by atoms with E-state index in [-0.39, 0.29) is 23.9 Å². The zero-order valence-corrected chi connectivity index (χ0v) is 25.7. The number of ether oxygens (including phenoxy) is 1.